The number of esters is 1. The van der Waals surface area contributed by atoms with Crippen molar-refractivity contribution in [1.82, 2.24) is 0 Å². The Hall–Kier alpha value is -1.79. The van der Waals surface area contributed by atoms with Crippen LogP contribution < -0.4 is 4.74 Å². The lowest BCUT2D eigenvalue weighted by Crippen LogP contribution is -2.09. The molecule has 0 radical (unpaired) electrons. The molecule has 88 valence electrons. The summed E-state index contributed by atoms with van der Waals surface area (Å²) in [5, 5.41) is 0. The van der Waals surface area contributed by atoms with E-state index in [0.717, 1.165) is 7.11 Å². The van der Waals surface area contributed by atoms with E-state index < -0.39 is 35.5 Å². The Kier molecular flexibility index (Phi) is 3.70. The van der Waals surface area contributed by atoms with Gasteiger partial charge in [-0.15, -0.1) is 0 Å². The zero-order valence-electron chi connectivity index (χ0n) is 7.97. The molecule has 0 aliphatic rings. The molecule has 1 aromatic carbocycles. The lowest BCUT2D eigenvalue weighted by molar-refractivity contribution is -0.0523. The summed E-state index contributed by atoms with van der Waals surface area (Å²) in [6, 6.07) is 0.784. The standard InChI is InChI=1S/C9H6F4O3/c1-15-8(14)4-2-7(16-9(12)13)6(11)3-5(4)10/h2-3,9H,1H3. The van der Waals surface area contributed by atoms with Gasteiger partial charge >= 0.3 is 12.6 Å². The second-order valence-electron chi connectivity index (χ2n) is 2.63. The van der Waals surface area contributed by atoms with Crippen LogP contribution in [0.15, 0.2) is 12.1 Å². The molecule has 0 N–H and O–H groups in total. The maximum atomic E-state index is 13.0. The van der Waals surface area contributed by atoms with Gasteiger partial charge in [-0.2, -0.15) is 8.78 Å². The molecule has 0 unspecified atom stereocenters. The maximum absolute atomic E-state index is 13.0. The highest BCUT2D eigenvalue weighted by Gasteiger charge is 2.19. The fourth-order valence-corrected chi connectivity index (χ4v) is 0.982. The summed E-state index contributed by atoms with van der Waals surface area (Å²) in [4.78, 5) is 11.0. The molecular weight excluding hydrogens is 232 g/mol. The van der Waals surface area contributed by atoms with Crippen LogP contribution in [0, 0.1) is 11.6 Å². The number of carbonyl (C=O) groups excluding carboxylic acids is 1. The number of carbonyl (C=O) groups is 1. The molecular formula is C9H6F4O3. The highest BCUT2D eigenvalue weighted by molar-refractivity contribution is 5.90. The Balaban J connectivity index is 3.16. The quantitative estimate of drug-likeness (QED) is 0.599. The minimum absolute atomic E-state index is 0.268. The van der Waals surface area contributed by atoms with Crippen molar-refractivity contribution in [3.63, 3.8) is 0 Å². The molecule has 0 saturated heterocycles. The zero-order valence-corrected chi connectivity index (χ0v) is 7.97. The number of methoxy groups -OCH3 is 1. The van der Waals surface area contributed by atoms with Crippen LogP contribution in [-0.2, 0) is 4.74 Å². The predicted octanol–water partition coefficient (Wildman–Crippen LogP) is 2.35. The monoisotopic (exact) mass is 238 g/mol. The van der Waals surface area contributed by atoms with Crippen LogP contribution in [0.25, 0.3) is 0 Å². The fourth-order valence-electron chi connectivity index (χ4n) is 0.982. The molecule has 0 amide bonds. The van der Waals surface area contributed by atoms with Gasteiger partial charge in [0.25, 0.3) is 0 Å². The van der Waals surface area contributed by atoms with Crippen molar-refractivity contribution in [2.75, 3.05) is 7.11 Å². The van der Waals surface area contributed by atoms with Crippen LogP contribution in [0.5, 0.6) is 5.75 Å². The summed E-state index contributed by atoms with van der Waals surface area (Å²) in [5.74, 6) is -4.58. The molecule has 0 heterocycles. The number of halogens is 4. The minimum Gasteiger partial charge on any atom is -0.465 e. The van der Waals surface area contributed by atoms with E-state index in [1.807, 2.05) is 0 Å². The van der Waals surface area contributed by atoms with Gasteiger partial charge < -0.3 is 9.47 Å². The molecule has 0 bridgehead atoms. The number of ether oxygens (including phenoxy) is 2. The molecule has 7 heteroatoms. The first-order valence-electron chi connectivity index (χ1n) is 3.98. The fraction of sp³-hybridized carbons (Fsp3) is 0.222. The van der Waals surface area contributed by atoms with Gasteiger partial charge in [0.1, 0.15) is 5.82 Å². The summed E-state index contributed by atoms with van der Waals surface area (Å²) >= 11 is 0. The van der Waals surface area contributed by atoms with Crippen molar-refractivity contribution in [3.05, 3.63) is 29.3 Å². The summed E-state index contributed by atoms with van der Waals surface area (Å²) < 4.78 is 57.5. The van der Waals surface area contributed by atoms with Gasteiger partial charge in [-0.3, -0.25) is 0 Å². The van der Waals surface area contributed by atoms with E-state index in [0.29, 0.717) is 6.07 Å². The first-order valence-corrected chi connectivity index (χ1v) is 3.98. The van der Waals surface area contributed by atoms with Crippen molar-refractivity contribution in [1.29, 1.82) is 0 Å². The summed E-state index contributed by atoms with van der Waals surface area (Å²) in [6.07, 6.45) is 0. The molecule has 16 heavy (non-hydrogen) atoms. The van der Waals surface area contributed by atoms with Crippen molar-refractivity contribution >= 4 is 5.97 Å². The van der Waals surface area contributed by atoms with Gasteiger partial charge in [-0.1, -0.05) is 0 Å². The number of hydrogen-bond donors (Lipinski definition) is 0. The second kappa shape index (κ2) is 4.82. The lowest BCUT2D eigenvalue weighted by Gasteiger charge is -2.08. The van der Waals surface area contributed by atoms with Gasteiger partial charge in [0.2, 0.25) is 0 Å². The lowest BCUT2D eigenvalue weighted by atomic mass is 10.2. The Bertz CT molecular complexity index is 406. The van der Waals surface area contributed by atoms with Crippen molar-refractivity contribution in [2.24, 2.45) is 0 Å². The molecule has 0 aromatic heterocycles. The molecule has 0 spiro atoms. The molecule has 0 saturated carbocycles. The van der Waals surface area contributed by atoms with Gasteiger partial charge in [0.05, 0.1) is 12.7 Å². The number of rotatable bonds is 3. The van der Waals surface area contributed by atoms with Crippen LogP contribution in [0.1, 0.15) is 10.4 Å². The highest BCUT2D eigenvalue weighted by Crippen LogP contribution is 2.23. The van der Waals surface area contributed by atoms with E-state index in [9.17, 15) is 22.4 Å². The van der Waals surface area contributed by atoms with E-state index in [4.69, 9.17) is 0 Å². The third kappa shape index (κ3) is 2.62. The Morgan fingerprint density at radius 1 is 1.25 bits per heavy atom. The first kappa shape index (κ1) is 12.3. The zero-order chi connectivity index (χ0) is 12.3. The van der Waals surface area contributed by atoms with Crippen molar-refractivity contribution in [3.8, 4) is 5.75 Å². The molecule has 1 aromatic rings. The van der Waals surface area contributed by atoms with Crippen LogP contribution in [0.2, 0.25) is 0 Å². The molecule has 1 rings (SSSR count). The van der Waals surface area contributed by atoms with Gasteiger partial charge in [-0.05, 0) is 0 Å². The van der Waals surface area contributed by atoms with Gasteiger partial charge in [0, 0.05) is 12.1 Å². The Morgan fingerprint density at radius 3 is 2.38 bits per heavy atom. The molecule has 0 atom stereocenters. The second-order valence-corrected chi connectivity index (χ2v) is 2.63. The van der Waals surface area contributed by atoms with E-state index in [2.05, 4.69) is 9.47 Å². The topological polar surface area (TPSA) is 35.5 Å². The molecule has 0 aliphatic carbocycles. The largest absolute Gasteiger partial charge is 0.465 e. The summed E-state index contributed by atoms with van der Waals surface area (Å²) in [6.45, 7) is -3.27. The molecule has 0 fully saturated rings. The van der Waals surface area contributed by atoms with E-state index in [1.54, 1.807) is 0 Å². The third-order valence-electron chi connectivity index (χ3n) is 1.64. The number of hydrogen-bond acceptors (Lipinski definition) is 3. The van der Waals surface area contributed by atoms with Gasteiger partial charge in [0.15, 0.2) is 11.6 Å². The predicted molar refractivity (Wildman–Crippen MR) is 44.3 cm³/mol. The number of alkyl halides is 2. The first-order chi connectivity index (χ1) is 7.45. The number of benzene rings is 1. The molecule has 0 aliphatic heterocycles. The smallest absolute Gasteiger partial charge is 0.387 e. The average Bonchev–Trinajstić information content (AvgIpc) is 2.20. The highest BCUT2D eigenvalue weighted by atomic mass is 19.3. The van der Waals surface area contributed by atoms with E-state index in [-0.39, 0.29) is 6.07 Å². The Morgan fingerprint density at radius 2 is 1.88 bits per heavy atom. The van der Waals surface area contributed by atoms with Crippen LogP contribution >= 0.6 is 0 Å². The van der Waals surface area contributed by atoms with Gasteiger partial charge in [-0.25, -0.2) is 13.6 Å². The summed E-state index contributed by atoms with van der Waals surface area (Å²) in [5.41, 5.74) is -0.681. The maximum Gasteiger partial charge on any atom is 0.387 e. The molecule has 3 nitrogen and oxygen atoms in total. The van der Waals surface area contributed by atoms with E-state index in [1.165, 1.54) is 0 Å². The SMILES string of the molecule is COC(=O)c1cc(OC(F)F)c(F)cc1F. The third-order valence-corrected chi connectivity index (χ3v) is 1.64. The summed E-state index contributed by atoms with van der Waals surface area (Å²) in [7, 11) is 0.971. The Labute approximate surface area is 87.6 Å². The van der Waals surface area contributed by atoms with Crippen LogP contribution in [0.4, 0.5) is 17.6 Å². The minimum atomic E-state index is -3.27. The van der Waals surface area contributed by atoms with Crippen molar-refractivity contribution < 1.29 is 31.8 Å². The average molecular weight is 238 g/mol. The van der Waals surface area contributed by atoms with Crippen LogP contribution in [0.3, 0.4) is 0 Å². The van der Waals surface area contributed by atoms with E-state index >= 15 is 0 Å². The van der Waals surface area contributed by atoms with Crippen molar-refractivity contribution in [2.45, 2.75) is 6.61 Å². The van der Waals surface area contributed by atoms with Crippen LogP contribution in [-0.4, -0.2) is 19.7 Å². The normalized spacial score (nSPS) is 10.4.